The first-order valence-corrected chi connectivity index (χ1v) is 9.77. The predicted molar refractivity (Wildman–Crippen MR) is 109 cm³/mol. The molecule has 0 atom stereocenters. The third-order valence-corrected chi connectivity index (χ3v) is 4.86. The van der Waals surface area contributed by atoms with Crippen LogP contribution in [0.25, 0.3) is 0 Å². The molecular formula is C22H21NO4S. The molecule has 0 unspecified atom stereocenters. The molecule has 0 radical (unpaired) electrons. The van der Waals surface area contributed by atoms with Crippen molar-refractivity contribution >= 4 is 23.2 Å². The highest BCUT2D eigenvalue weighted by Crippen LogP contribution is 2.12. The minimum Gasteiger partial charge on any atom is -0.490 e. The van der Waals surface area contributed by atoms with Crippen LogP contribution in [0.15, 0.2) is 66.0 Å². The van der Waals surface area contributed by atoms with Crippen molar-refractivity contribution in [2.24, 2.45) is 0 Å². The molecule has 2 aromatic carbocycles. The van der Waals surface area contributed by atoms with Crippen LogP contribution in [-0.2, 0) is 11.3 Å². The molecule has 1 aromatic heterocycles. The van der Waals surface area contributed by atoms with Gasteiger partial charge in [0.25, 0.3) is 5.91 Å². The van der Waals surface area contributed by atoms with Crippen molar-refractivity contribution in [3.05, 3.63) is 87.6 Å². The quantitative estimate of drug-likeness (QED) is 0.458. The second-order valence-corrected chi connectivity index (χ2v) is 7.10. The highest BCUT2D eigenvalue weighted by molar-refractivity contribution is 7.12. The Bertz CT molecular complexity index is 903. The molecule has 0 spiro atoms. The summed E-state index contributed by atoms with van der Waals surface area (Å²) in [6.45, 7) is 2.87. The first-order chi connectivity index (χ1) is 13.6. The summed E-state index contributed by atoms with van der Waals surface area (Å²) in [5.41, 5.74) is 2.53. The molecule has 0 aliphatic rings. The van der Waals surface area contributed by atoms with E-state index >= 15 is 0 Å². The van der Waals surface area contributed by atoms with E-state index in [1.807, 2.05) is 42.6 Å². The van der Waals surface area contributed by atoms with Crippen molar-refractivity contribution in [2.75, 3.05) is 13.2 Å². The fourth-order valence-electron chi connectivity index (χ4n) is 2.45. The van der Waals surface area contributed by atoms with Crippen molar-refractivity contribution in [3.63, 3.8) is 0 Å². The topological polar surface area (TPSA) is 64.6 Å². The molecule has 5 nitrogen and oxygen atoms in total. The summed E-state index contributed by atoms with van der Waals surface area (Å²) in [5, 5.41) is 4.71. The Hall–Kier alpha value is -3.12. The molecule has 0 bridgehead atoms. The molecule has 1 heterocycles. The second-order valence-electron chi connectivity index (χ2n) is 6.15. The zero-order chi connectivity index (χ0) is 19.8. The summed E-state index contributed by atoms with van der Waals surface area (Å²) in [6.07, 6.45) is 0. The molecule has 6 heteroatoms. The summed E-state index contributed by atoms with van der Waals surface area (Å²) in [6, 6.07) is 18.3. The maximum Gasteiger partial charge on any atom is 0.338 e. The zero-order valence-electron chi connectivity index (χ0n) is 15.5. The van der Waals surface area contributed by atoms with Crippen LogP contribution < -0.4 is 10.1 Å². The van der Waals surface area contributed by atoms with Crippen LogP contribution in [0.5, 0.6) is 5.75 Å². The normalized spacial score (nSPS) is 10.3. The number of thiophene rings is 1. The SMILES string of the molecule is Cc1ccc(OCCOC(=O)c2ccc(CNC(=O)c3cccs3)cc2)cc1. The van der Waals surface area contributed by atoms with Crippen LogP contribution in [0.4, 0.5) is 0 Å². The standard InChI is InChI=1S/C22H21NO4S/c1-16-4-10-19(11-5-16)26-12-13-27-22(25)18-8-6-17(7-9-18)15-23-21(24)20-3-2-14-28-20/h2-11,14H,12-13,15H2,1H3,(H,23,24). The average Bonchev–Trinajstić information content (AvgIpc) is 3.26. The van der Waals surface area contributed by atoms with Gasteiger partial charge in [0.05, 0.1) is 10.4 Å². The van der Waals surface area contributed by atoms with Gasteiger partial charge in [-0.2, -0.15) is 0 Å². The number of carbonyl (C=O) groups excluding carboxylic acids is 2. The number of rotatable bonds is 8. The number of aryl methyl sites for hydroxylation is 1. The van der Waals surface area contributed by atoms with Crippen LogP contribution >= 0.6 is 11.3 Å². The smallest absolute Gasteiger partial charge is 0.338 e. The Morgan fingerprint density at radius 3 is 2.39 bits per heavy atom. The van der Waals surface area contributed by atoms with E-state index in [0.29, 0.717) is 23.6 Å². The maximum absolute atomic E-state index is 12.1. The number of amides is 1. The molecule has 1 amide bonds. The number of esters is 1. The average molecular weight is 395 g/mol. The van der Waals surface area contributed by atoms with E-state index in [2.05, 4.69) is 5.32 Å². The summed E-state index contributed by atoms with van der Waals surface area (Å²) < 4.78 is 10.8. The Kier molecular flexibility index (Phi) is 6.81. The van der Waals surface area contributed by atoms with E-state index in [1.54, 1.807) is 30.3 Å². The van der Waals surface area contributed by atoms with Gasteiger partial charge in [0.15, 0.2) is 0 Å². The summed E-state index contributed by atoms with van der Waals surface area (Å²) in [4.78, 5) is 24.7. The highest BCUT2D eigenvalue weighted by Gasteiger charge is 2.09. The second kappa shape index (κ2) is 9.71. The van der Waals surface area contributed by atoms with Gasteiger partial charge in [0.1, 0.15) is 19.0 Å². The molecule has 0 saturated carbocycles. The molecule has 0 aliphatic carbocycles. The highest BCUT2D eigenvalue weighted by atomic mass is 32.1. The fourth-order valence-corrected chi connectivity index (χ4v) is 3.09. The first-order valence-electron chi connectivity index (χ1n) is 8.89. The fraction of sp³-hybridized carbons (Fsp3) is 0.182. The Labute approximate surface area is 167 Å². The number of carbonyl (C=O) groups is 2. The predicted octanol–water partition coefficient (Wildman–Crippen LogP) is 4.22. The van der Waals surface area contributed by atoms with Gasteiger partial charge in [-0.3, -0.25) is 4.79 Å². The molecule has 0 fully saturated rings. The molecule has 1 N–H and O–H groups in total. The van der Waals surface area contributed by atoms with E-state index in [9.17, 15) is 9.59 Å². The molecule has 0 aliphatic heterocycles. The monoisotopic (exact) mass is 395 g/mol. The Morgan fingerprint density at radius 1 is 0.964 bits per heavy atom. The molecule has 0 saturated heterocycles. The minimum atomic E-state index is -0.401. The minimum absolute atomic E-state index is 0.105. The molecule has 3 aromatic rings. The number of ether oxygens (including phenoxy) is 2. The molecule has 144 valence electrons. The summed E-state index contributed by atoms with van der Waals surface area (Å²) in [5.74, 6) is 0.240. The van der Waals surface area contributed by atoms with E-state index in [1.165, 1.54) is 11.3 Å². The van der Waals surface area contributed by atoms with E-state index in [0.717, 1.165) is 16.9 Å². The van der Waals surface area contributed by atoms with Crippen LogP contribution in [0.1, 0.15) is 31.2 Å². The Balaban J connectivity index is 1.40. The number of hydrogen-bond acceptors (Lipinski definition) is 5. The van der Waals surface area contributed by atoms with Crippen molar-refractivity contribution < 1.29 is 19.1 Å². The first kappa shape index (κ1) is 19.6. The van der Waals surface area contributed by atoms with E-state index < -0.39 is 5.97 Å². The molecule has 3 rings (SSSR count). The van der Waals surface area contributed by atoms with Crippen molar-refractivity contribution in [3.8, 4) is 5.75 Å². The lowest BCUT2D eigenvalue weighted by Gasteiger charge is -2.08. The van der Waals surface area contributed by atoms with Crippen LogP contribution in [0.2, 0.25) is 0 Å². The summed E-state index contributed by atoms with van der Waals surface area (Å²) >= 11 is 1.40. The van der Waals surface area contributed by atoms with Gasteiger partial charge in [-0.25, -0.2) is 4.79 Å². The van der Waals surface area contributed by atoms with Gasteiger partial charge >= 0.3 is 5.97 Å². The van der Waals surface area contributed by atoms with Crippen LogP contribution in [0, 0.1) is 6.92 Å². The lowest BCUT2D eigenvalue weighted by atomic mass is 10.1. The van der Waals surface area contributed by atoms with Crippen molar-refractivity contribution in [2.45, 2.75) is 13.5 Å². The van der Waals surface area contributed by atoms with Crippen molar-refractivity contribution in [1.82, 2.24) is 5.32 Å². The van der Waals surface area contributed by atoms with Gasteiger partial charge in [0.2, 0.25) is 0 Å². The number of hydrogen-bond donors (Lipinski definition) is 1. The lowest BCUT2D eigenvalue weighted by molar-refractivity contribution is 0.0450. The zero-order valence-corrected chi connectivity index (χ0v) is 16.3. The largest absolute Gasteiger partial charge is 0.490 e. The molecular weight excluding hydrogens is 374 g/mol. The maximum atomic E-state index is 12.1. The van der Waals surface area contributed by atoms with Gasteiger partial charge in [-0.05, 0) is 48.2 Å². The van der Waals surface area contributed by atoms with Gasteiger partial charge in [-0.1, -0.05) is 35.9 Å². The Morgan fingerprint density at radius 2 is 1.71 bits per heavy atom. The van der Waals surface area contributed by atoms with Crippen molar-refractivity contribution in [1.29, 1.82) is 0 Å². The van der Waals surface area contributed by atoms with Crippen LogP contribution in [-0.4, -0.2) is 25.1 Å². The number of benzene rings is 2. The van der Waals surface area contributed by atoms with Crippen LogP contribution in [0.3, 0.4) is 0 Å². The van der Waals surface area contributed by atoms with Gasteiger partial charge in [-0.15, -0.1) is 11.3 Å². The van der Waals surface area contributed by atoms with Gasteiger partial charge < -0.3 is 14.8 Å². The number of nitrogens with one attached hydrogen (secondary N) is 1. The summed E-state index contributed by atoms with van der Waals surface area (Å²) in [7, 11) is 0. The van der Waals surface area contributed by atoms with E-state index in [-0.39, 0.29) is 12.5 Å². The third kappa shape index (κ3) is 5.69. The van der Waals surface area contributed by atoms with Gasteiger partial charge in [0, 0.05) is 6.54 Å². The van der Waals surface area contributed by atoms with E-state index in [4.69, 9.17) is 9.47 Å². The molecule has 28 heavy (non-hydrogen) atoms. The lowest BCUT2D eigenvalue weighted by Crippen LogP contribution is -2.21. The third-order valence-electron chi connectivity index (χ3n) is 3.99.